The fourth-order valence-electron chi connectivity index (χ4n) is 3.10. The Balaban J connectivity index is 1.84. The molecule has 2 N–H and O–H groups in total. The second kappa shape index (κ2) is 6.44. The maximum absolute atomic E-state index is 12.8. The number of pyridine rings is 1. The van der Waals surface area contributed by atoms with Crippen LogP contribution in [0, 0.1) is 0 Å². The van der Waals surface area contributed by atoms with Crippen LogP contribution in [-0.4, -0.2) is 20.5 Å². The highest BCUT2D eigenvalue weighted by molar-refractivity contribution is 7.92. The summed E-state index contributed by atoms with van der Waals surface area (Å²) in [6, 6.07) is 18.6. The van der Waals surface area contributed by atoms with Gasteiger partial charge in [0.25, 0.3) is 15.6 Å². The maximum atomic E-state index is 12.8. The van der Waals surface area contributed by atoms with Gasteiger partial charge >= 0.3 is 0 Å². The number of aromatic nitrogens is 1. The zero-order chi connectivity index (χ0) is 19.0. The van der Waals surface area contributed by atoms with Crippen LogP contribution in [0.25, 0.3) is 21.7 Å². The number of fused-ring (bicyclic) bond motifs is 3. The molecule has 7 heteroatoms. The summed E-state index contributed by atoms with van der Waals surface area (Å²) >= 11 is 0. The van der Waals surface area contributed by atoms with Crippen LogP contribution in [-0.2, 0) is 10.0 Å². The minimum Gasteiger partial charge on any atom is -0.495 e. The van der Waals surface area contributed by atoms with Gasteiger partial charge in [-0.05, 0) is 41.8 Å². The highest BCUT2D eigenvalue weighted by atomic mass is 32.2. The Morgan fingerprint density at radius 3 is 2.37 bits per heavy atom. The minimum absolute atomic E-state index is 0.0546. The van der Waals surface area contributed by atoms with E-state index in [1.54, 1.807) is 48.5 Å². The monoisotopic (exact) mass is 380 g/mol. The van der Waals surface area contributed by atoms with Crippen LogP contribution in [0.2, 0.25) is 0 Å². The molecular weight excluding hydrogens is 364 g/mol. The highest BCUT2D eigenvalue weighted by Crippen LogP contribution is 2.28. The largest absolute Gasteiger partial charge is 0.495 e. The number of methoxy groups -OCH3 is 1. The van der Waals surface area contributed by atoms with Crippen molar-refractivity contribution in [2.45, 2.75) is 4.90 Å². The number of sulfonamides is 1. The molecule has 0 aliphatic heterocycles. The lowest BCUT2D eigenvalue weighted by Crippen LogP contribution is -2.14. The zero-order valence-corrected chi connectivity index (χ0v) is 15.2. The summed E-state index contributed by atoms with van der Waals surface area (Å²) in [5, 5.41) is 2.06. The Morgan fingerprint density at radius 2 is 1.59 bits per heavy atom. The van der Waals surface area contributed by atoms with Gasteiger partial charge in [0, 0.05) is 22.0 Å². The van der Waals surface area contributed by atoms with Crippen LogP contribution in [0.5, 0.6) is 5.75 Å². The third kappa shape index (κ3) is 3.02. The van der Waals surface area contributed by atoms with Gasteiger partial charge in [-0.1, -0.05) is 30.3 Å². The van der Waals surface area contributed by atoms with E-state index in [0.29, 0.717) is 16.6 Å². The molecule has 0 aliphatic rings. The van der Waals surface area contributed by atoms with E-state index >= 15 is 0 Å². The smallest absolute Gasteiger partial charge is 0.265 e. The number of rotatable bonds is 4. The number of H-pyrrole nitrogens is 1. The molecule has 1 aromatic heterocycles. The van der Waals surface area contributed by atoms with E-state index < -0.39 is 10.0 Å². The summed E-state index contributed by atoms with van der Waals surface area (Å²) in [5.41, 5.74) is 0.852. The van der Waals surface area contributed by atoms with Crippen molar-refractivity contribution in [2.24, 2.45) is 0 Å². The number of para-hydroxylation sites is 1. The summed E-state index contributed by atoms with van der Waals surface area (Å²) in [7, 11) is -2.41. The van der Waals surface area contributed by atoms with Gasteiger partial charge in [-0.2, -0.15) is 0 Å². The van der Waals surface area contributed by atoms with Crippen LogP contribution in [0.3, 0.4) is 0 Å². The summed E-state index contributed by atoms with van der Waals surface area (Å²) in [6.07, 6.45) is 0. The van der Waals surface area contributed by atoms with Crippen LogP contribution >= 0.6 is 0 Å². The van der Waals surface area contributed by atoms with Crippen LogP contribution < -0.4 is 15.0 Å². The molecule has 0 atom stereocenters. The Labute approximate surface area is 155 Å². The van der Waals surface area contributed by atoms with Gasteiger partial charge in [-0.25, -0.2) is 8.42 Å². The number of hydrogen-bond acceptors (Lipinski definition) is 4. The highest BCUT2D eigenvalue weighted by Gasteiger charge is 2.19. The molecule has 0 unspecified atom stereocenters. The van der Waals surface area contributed by atoms with Crippen molar-refractivity contribution in [3.63, 3.8) is 0 Å². The molecule has 3 aromatic carbocycles. The summed E-state index contributed by atoms with van der Waals surface area (Å²) in [6.45, 7) is 0. The lowest BCUT2D eigenvalue weighted by molar-refractivity contribution is 0.403. The molecule has 0 spiro atoms. The predicted octanol–water partition coefficient (Wildman–Crippen LogP) is 3.49. The first-order valence-electron chi connectivity index (χ1n) is 8.20. The molecule has 6 nitrogen and oxygen atoms in total. The van der Waals surface area contributed by atoms with Gasteiger partial charge in [0.15, 0.2) is 0 Å². The maximum Gasteiger partial charge on any atom is 0.265 e. The third-order valence-corrected chi connectivity index (χ3v) is 5.76. The lowest BCUT2D eigenvalue weighted by Gasteiger charge is -2.12. The van der Waals surface area contributed by atoms with E-state index in [1.165, 1.54) is 13.2 Å². The van der Waals surface area contributed by atoms with Crippen molar-refractivity contribution in [3.05, 3.63) is 77.1 Å². The van der Waals surface area contributed by atoms with Gasteiger partial charge in [-0.3, -0.25) is 9.52 Å². The summed E-state index contributed by atoms with van der Waals surface area (Å²) < 4.78 is 33.3. The average Bonchev–Trinajstić information content (AvgIpc) is 2.68. The Hall–Kier alpha value is -3.32. The molecule has 0 amide bonds. The van der Waals surface area contributed by atoms with Crippen LogP contribution in [0.15, 0.2) is 76.4 Å². The first-order chi connectivity index (χ1) is 13.0. The molecule has 0 bridgehead atoms. The molecule has 136 valence electrons. The normalized spacial score (nSPS) is 11.6. The Bertz CT molecular complexity index is 1330. The van der Waals surface area contributed by atoms with E-state index in [9.17, 15) is 13.2 Å². The number of anilines is 1. The molecule has 0 aliphatic carbocycles. The molecule has 0 fully saturated rings. The minimum atomic E-state index is -3.83. The van der Waals surface area contributed by atoms with Crippen molar-refractivity contribution < 1.29 is 13.2 Å². The molecule has 0 radical (unpaired) electrons. The van der Waals surface area contributed by atoms with Crippen LogP contribution in [0.1, 0.15) is 0 Å². The van der Waals surface area contributed by atoms with Gasteiger partial charge in [-0.15, -0.1) is 0 Å². The first-order valence-corrected chi connectivity index (χ1v) is 9.68. The fraction of sp³-hybridized carbons (Fsp3) is 0.0500. The average molecular weight is 380 g/mol. The Kier molecular flexibility index (Phi) is 4.08. The van der Waals surface area contributed by atoms with E-state index in [-0.39, 0.29) is 16.2 Å². The van der Waals surface area contributed by atoms with Crippen LogP contribution in [0.4, 0.5) is 5.69 Å². The second-order valence-electron chi connectivity index (χ2n) is 6.02. The standard InChI is InChI=1S/C20H16N2O4S/c1-26-18-8-4-5-9-19(18)27(24,25)22-13-10-11-17-16(12-13)14-6-2-3-7-15(14)20(23)21-17/h2-12,22H,1H3,(H,21,23). The van der Waals surface area contributed by atoms with E-state index in [1.807, 2.05) is 12.1 Å². The summed E-state index contributed by atoms with van der Waals surface area (Å²) in [5.74, 6) is 0.264. The van der Waals surface area contributed by atoms with Gasteiger partial charge in [0.1, 0.15) is 10.6 Å². The topological polar surface area (TPSA) is 88.3 Å². The third-order valence-electron chi connectivity index (χ3n) is 4.34. The molecular formula is C20H16N2O4S. The molecule has 0 saturated heterocycles. The van der Waals surface area contributed by atoms with Crippen molar-refractivity contribution in [3.8, 4) is 5.75 Å². The van der Waals surface area contributed by atoms with Crippen molar-refractivity contribution in [1.29, 1.82) is 0 Å². The molecule has 4 aromatic rings. The van der Waals surface area contributed by atoms with Gasteiger partial charge in [0.2, 0.25) is 0 Å². The fourth-order valence-corrected chi connectivity index (χ4v) is 4.32. The molecule has 27 heavy (non-hydrogen) atoms. The molecule has 4 rings (SSSR count). The Morgan fingerprint density at radius 1 is 0.889 bits per heavy atom. The number of aromatic amines is 1. The number of benzene rings is 3. The molecule has 1 heterocycles. The van der Waals surface area contributed by atoms with E-state index in [4.69, 9.17) is 4.74 Å². The van der Waals surface area contributed by atoms with Crippen molar-refractivity contribution in [1.82, 2.24) is 4.98 Å². The molecule has 0 saturated carbocycles. The van der Waals surface area contributed by atoms with Gasteiger partial charge < -0.3 is 9.72 Å². The summed E-state index contributed by atoms with van der Waals surface area (Å²) in [4.78, 5) is 15.1. The number of hydrogen-bond donors (Lipinski definition) is 2. The zero-order valence-electron chi connectivity index (χ0n) is 14.4. The lowest BCUT2D eigenvalue weighted by atomic mass is 10.1. The second-order valence-corrected chi connectivity index (χ2v) is 7.67. The van der Waals surface area contributed by atoms with E-state index in [0.717, 1.165) is 10.8 Å². The SMILES string of the molecule is COc1ccccc1S(=O)(=O)Nc1ccc2[nH]c(=O)c3ccccc3c2c1. The number of nitrogens with one attached hydrogen (secondary N) is 2. The quantitative estimate of drug-likeness (QED) is 0.531. The van der Waals surface area contributed by atoms with Crippen molar-refractivity contribution in [2.75, 3.05) is 11.8 Å². The van der Waals surface area contributed by atoms with Crippen molar-refractivity contribution >= 4 is 37.4 Å². The number of ether oxygens (including phenoxy) is 1. The first kappa shape index (κ1) is 17.1. The predicted molar refractivity (Wildman–Crippen MR) is 106 cm³/mol. The van der Waals surface area contributed by atoms with E-state index in [2.05, 4.69) is 9.71 Å². The van der Waals surface area contributed by atoms with Gasteiger partial charge in [0.05, 0.1) is 7.11 Å².